The molecule has 0 unspecified atom stereocenters. The number of nitrogens with one attached hydrogen (secondary N) is 2. The van der Waals surface area contributed by atoms with E-state index in [1.165, 1.54) is 4.31 Å². The van der Waals surface area contributed by atoms with Crippen LogP contribution in [-0.2, 0) is 30.8 Å². The van der Waals surface area contributed by atoms with Crippen LogP contribution in [0.1, 0.15) is 28.7 Å². The molecule has 8 nitrogen and oxygen atoms in total. The van der Waals surface area contributed by atoms with Crippen LogP contribution in [0.5, 0.6) is 0 Å². The summed E-state index contributed by atoms with van der Waals surface area (Å²) in [5.74, 6) is -1.56. The van der Waals surface area contributed by atoms with Gasteiger partial charge < -0.3 is 15.4 Å². The molecule has 33 heavy (non-hydrogen) atoms. The molecule has 3 rings (SSSR count). The fraction of sp³-hybridized carbons (Fsp3) is 0.417. The molecule has 178 valence electrons. The maximum atomic E-state index is 13.3. The fourth-order valence-electron chi connectivity index (χ4n) is 4.11. The first-order valence-electron chi connectivity index (χ1n) is 11.0. The summed E-state index contributed by atoms with van der Waals surface area (Å²) in [5, 5.41) is 5.08. The van der Waals surface area contributed by atoms with Gasteiger partial charge in [-0.25, -0.2) is 8.42 Å². The zero-order valence-electron chi connectivity index (χ0n) is 19.3. The molecule has 0 aromatic heterocycles. The Kier molecular flexibility index (Phi) is 8.23. The Morgan fingerprint density at radius 3 is 2.33 bits per heavy atom. The summed E-state index contributed by atoms with van der Waals surface area (Å²) in [4.78, 5) is 24.5. The van der Waals surface area contributed by atoms with E-state index in [2.05, 4.69) is 10.6 Å². The molecule has 0 radical (unpaired) electrons. The topological polar surface area (TPSA) is 105 Å². The summed E-state index contributed by atoms with van der Waals surface area (Å²) >= 11 is 0. The van der Waals surface area contributed by atoms with E-state index in [0.29, 0.717) is 24.1 Å². The van der Waals surface area contributed by atoms with Crippen LogP contribution in [0.25, 0.3) is 0 Å². The van der Waals surface area contributed by atoms with Gasteiger partial charge in [-0.15, -0.1) is 0 Å². The van der Waals surface area contributed by atoms with Crippen molar-refractivity contribution in [1.29, 1.82) is 0 Å². The lowest BCUT2D eigenvalue weighted by Gasteiger charge is -2.24. The first-order valence-corrected chi connectivity index (χ1v) is 12.5. The van der Waals surface area contributed by atoms with E-state index in [1.807, 2.05) is 49.4 Å². The minimum absolute atomic E-state index is 0.112. The highest BCUT2D eigenvalue weighted by Crippen LogP contribution is 2.28. The van der Waals surface area contributed by atoms with E-state index < -0.39 is 28.1 Å². The van der Waals surface area contributed by atoms with Gasteiger partial charge in [0.15, 0.2) is 0 Å². The van der Waals surface area contributed by atoms with Crippen molar-refractivity contribution in [2.24, 2.45) is 0 Å². The van der Waals surface area contributed by atoms with Gasteiger partial charge in [0.25, 0.3) is 0 Å². The minimum Gasteiger partial charge on any atom is -0.359 e. The first-order chi connectivity index (χ1) is 15.7. The lowest BCUT2D eigenvalue weighted by molar-refractivity contribution is -0.139. The maximum absolute atomic E-state index is 13.3. The standard InChI is InChI=1S/C24H31N3O5S/c1-17-14-18(2)22(19(3)15-17)33(30,31)27-12-13-32-21(27)16-26-24(29)23(28)25-11-7-10-20-8-5-4-6-9-20/h4-6,8-9,14-15,21H,7,10-13,16H2,1-3H3,(H,25,28)(H,26,29)/t21-/m1/s1. The zero-order chi connectivity index (χ0) is 24.0. The van der Waals surface area contributed by atoms with Crippen LogP contribution in [0.3, 0.4) is 0 Å². The van der Waals surface area contributed by atoms with Crippen LogP contribution < -0.4 is 10.6 Å². The molecular weight excluding hydrogens is 442 g/mol. The third kappa shape index (κ3) is 6.19. The summed E-state index contributed by atoms with van der Waals surface area (Å²) in [6, 6.07) is 13.5. The number of ether oxygens (including phenoxy) is 1. The highest BCUT2D eigenvalue weighted by molar-refractivity contribution is 7.89. The van der Waals surface area contributed by atoms with Crippen LogP contribution in [0, 0.1) is 20.8 Å². The van der Waals surface area contributed by atoms with Gasteiger partial charge in [-0.2, -0.15) is 4.31 Å². The lowest BCUT2D eigenvalue weighted by atomic mass is 10.1. The minimum atomic E-state index is -3.82. The Balaban J connectivity index is 1.53. The van der Waals surface area contributed by atoms with E-state index in [0.717, 1.165) is 17.5 Å². The Hall–Kier alpha value is -2.75. The van der Waals surface area contributed by atoms with Gasteiger partial charge >= 0.3 is 11.8 Å². The zero-order valence-corrected chi connectivity index (χ0v) is 20.1. The second-order valence-corrected chi connectivity index (χ2v) is 10.1. The highest BCUT2D eigenvalue weighted by Gasteiger charge is 2.38. The van der Waals surface area contributed by atoms with Gasteiger partial charge in [0.05, 0.1) is 18.0 Å². The molecule has 2 aromatic rings. The molecule has 1 fully saturated rings. The van der Waals surface area contributed by atoms with Crippen LogP contribution in [0.4, 0.5) is 0 Å². The molecular formula is C24H31N3O5S. The van der Waals surface area contributed by atoms with Gasteiger partial charge in [0, 0.05) is 13.1 Å². The summed E-state index contributed by atoms with van der Waals surface area (Å²) in [7, 11) is -3.82. The number of carbonyl (C=O) groups excluding carboxylic acids is 2. The fourth-order valence-corrected chi connectivity index (χ4v) is 6.04. The Bertz CT molecular complexity index is 1080. The summed E-state index contributed by atoms with van der Waals surface area (Å²) < 4.78 is 33.4. The van der Waals surface area contributed by atoms with Gasteiger partial charge in [-0.1, -0.05) is 48.0 Å². The molecule has 2 amide bonds. The number of carbonyl (C=O) groups is 2. The van der Waals surface area contributed by atoms with Crippen molar-refractivity contribution in [3.63, 3.8) is 0 Å². The average Bonchev–Trinajstić information content (AvgIpc) is 3.24. The third-order valence-electron chi connectivity index (χ3n) is 5.53. The monoisotopic (exact) mass is 473 g/mol. The number of rotatable bonds is 8. The van der Waals surface area contributed by atoms with Crippen molar-refractivity contribution < 1.29 is 22.7 Å². The number of sulfonamides is 1. The largest absolute Gasteiger partial charge is 0.359 e. The van der Waals surface area contributed by atoms with Crippen LogP contribution in [0.15, 0.2) is 47.4 Å². The normalized spacial score (nSPS) is 16.5. The molecule has 0 aliphatic carbocycles. The Morgan fingerprint density at radius 1 is 1.03 bits per heavy atom. The lowest BCUT2D eigenvalue weighted by Crippen LogP contribution is -2.47. The molecule has 9 heteroatoms. The van der Waals surface area contributed by atoms with Crippen molar-refractivity contribution in [2.45, 2.75) is 44.7 Å². The molecule has 2 N–H and O–H groups in total. The highest BCUT2D eigenvalue weighted by atomic mass is 32.2. The number of amides is 2. The van der Waals surface area contributed by atoms with Crippen molar-refractivity contribution >= 4 is 21.8 Å². The number of hydrogen-bond donors (Lipinski definition) is 2. The van der Waals surface area contributed by atoms with Crippen LogP contribution >= 0.6 is 0 Å². The Morgan fingerprint density at radius 2 is 1.67 bits per heavy atom. The Labute approximate surface area is 195 Å². The first kappa shape index (κ1) is 24.9. The number of hydrogen-bond acceptors (Lipinski definition) is 5. The van der Waals surface area contributed by atoms with Crippen molar-refractivity contribution in [3.05, 3.63) is 64.7 Å². The smallest absolute Gasteiger partial charge is 0.309 e. The van der Waals surface area contributed by atoms with Gasteiger partial charge in [-0.05, 0) is 50.3 Å². The van der Waals surface area contributed by atoms with E-state index in [4.69, 9.17) is 4.74 Å². The van der Waals surface area contributed by atoms with Gasteiger partial charge in [-0.3, -0.25) is 9.59 Å². The molecule has 1 heterocycles. The maximum Gasteiger partial charge on any atom is 0.309 e. The average molecular weight is 474 g/mol. The predicted octanol–water partition coefficient (Wildman–Crippen LogP) is 1.82. The second kappa shape index (κ2) is 10.9. The molecule has 0 spiro atoms. The third-order valence-corrected chi connectivity index (χ3v) is 7.72. The van der Waals surface area contributed by atoms with Crippen molar-refractivity contribution in [2.75, 3.05) is 26.2 Å². The molecule has 0 bridgehead atoms. The molecule has 1 atom stereocenters. The van der Waals surface area contributed by atoms with Crippen LogP contribution in [0.2, 0.25) is 0 Å². The molecule has 1 aliphatic rings. The number of benzene rings is 2. The SMILES string of the molecule is Cc1cc(C)c(S(=O)(=O)N2CCO[C@@H]2CNC(=O)C(=O)NCCCc2ccccc2)c(C)c1. The summed E-state index contributed by atoms with van der Waals surface area (Å²) in [6.07, 6.45) is 0.629. The van der Waals surface area contributed by atoms with Crippen molar-refractivity contribution in [1.82, 2.24) is 14.9 Å². The summed E-state index contributed by atoms with van der Waals surface area (Å²) in [5.41, 5.74) is 3.48. The van der Waals surface area contributed by atoms with Crippen LogP contribution in [-0.4, -0.2) is 57.0 Å². The van der Waals surface area contributed by atoms with Gasteiger partial charge in [0.2, 0.25) is 10.0 Å². The van der Waals surface area contributed by atoms with E-state index in [-0.39, 0.29) is 24.6 Å². The molecule has 1 aliphatic heterocycles. The molecule has 1 saturated heterocycles. The van der Waals surface area contributed by atoms with Gasteiger partial charge in [0.1, 0.15) is 6.23 Å². The molecule has 2 aromatic carbocycles. The number of aryl methyl sites for hydroxylation is 4. The van der Waals surface area contributed by atoms with Crippen molar-refractivity contribution in [3.8, 4) is 0 Å². The van der Waals surface area contributed by atoms with E-state index in [1.54, 1.807) is 13.8 Å². The quantitative estimate of drug-likeness (QED) is 0.450. The second-order valence-electron chi connectivity index (χ2n) is 8.22. The summed E-state index contributed by atoms with van der Waals surface area (Å²) in [6.45, 7) is 6.11. The van der Waals surface area contributed by atoms with E-state index in [9.17, 15) is 18.0 Å². The number of nitrogens with zero attached hydrogens (tertiary/aromatic N) is 1. The molecule has 0 saturated carbocycles. The van der Waals surface area contributed by atoms with E-state index >= 15 is 0 Å². The predicted molar refractivity (Wildman–Crippen MR) is 125 cm³/mol.